The van der Waals surface area contributed by atoms with Gasteiger partial charge in [-0.2, -0.15) is 4.31 Å². The highest BCUT2D eigenvalue weighted by Gasteiger charge is 2.33. The van der Waals surface area contributed by atoms with Gasteiger partial charge in [-0.25, -0.2) is 16.8 Å². The lowest BCUT2D eigenvalue weighted by atomic mass is 10.0. The van der Waals surface area contributed by atoms with Crippen molar-refractivity contribution >= 4 is 37.4 Å². The molecule has 5 N–H and O–H groups in total. The molecule has 2 aromatic carbocycles. The molecule has 1 saturated carbocycles. The number of nitrogens with one attached hydrogen (secondary N) is 2. The number of hydrogen-bond donors (Lipinski definition) is 5. The van der Waals surface area contributed by atoms with Gasteiger partial charge in [0.1, 0.15) is 12.3 Å². The van der Waals surface area contributed by atoms with E-state index in [2.05, 4.69) is 14.9 Å². The number of sulfonamides is 2. The van der Waals surface area contributed by atoms with E-state index >= 15 is 0 Å². The number of aliphatic hydroxyl groups excluding tert-OH is 1. The fourth-order valence-corrected chi connectivity index (χ4v) is 6.77. The molecule has 2 aliphatic rings. The third-order valence-corrected chi connectivity index (χ3v) is 9.52. The smallest absolute Gasteiger partial charge is 0.318 e. The number of nitrogens with zero attached hydrogens (tertiary/aromatic N) is 2. The molecule has 0 amide bonds. The second-order valence-corrected chi connectivity index (χ2v) is 14.2. The third-order valence-electron chi connectivity index (χ3n) is 7.11. The summed E-state index contributed by atoms with van der Waals surface area (Å²) in [6, 6.07) is 11.0. The Labute approximate surface area is 234 Å². The molecule has 2 fully saturated rings. The third kappa shape index (κ3) is 8.07. The molecule has 1 aliphatic carbocycles. The highest BCUT2D eigenvalue weighted by atomic mass is 32.2. The van der Waals surface area contributed by atoms with Crippen molar-refractivity contribution in [1.29, 1.82) is 0 Å². The van der Waals surface area contributed by atoms with Crippen LogP contribution in [0.4, 0.5) is 11.4 Å². The summed E-state index contributed by atoms with van der Waals surface area (Å²) in [4.78, 5) is 13.5. The van der Waals surface area contributed by atoms with Crippen molar-refractivity contribution in [2.45, 2.75) is 42.7 Å². The minimum atomic E-state index is -3.91. The normalized spacial score (nSPS) is 17.6. The molecule has 14 heteroatoms. The van der Waals surface area contributed by atoms with Crippen LogP contribution in [0.25, 0.3) is 0 Å². The topological polar surface area (TPSA) is 177 Å². The molecule has 1 aliphatic heterocycles. The van der Waals surface area contributed by atoms with Crippen LogP contribution < -0.4 is 14.9 Å². The molecule has 0 radical (unpaired) electrons. The van der Waals surface area contributed by atoms with E-state index in [1.807, 2.05) is 0 Å². The maximum absolute atomic E-state index is 13.1. The van der Waals surface area contributed by atoms with Crippen LogP contribution in [0, 0.1) is 5.92 Å². The first kappa shape index (κ1) is 30.1. The number of phenols is 1. The summed E-state index contributed by atoms with van der Waals surface area (Å²) < 4.78 is 52.4. The number of hydrogen-bond acceptors (Lipinski definition) is 9. The van der Waals surface area contributed by atoms with Gasteiger partial charge in [-0.3, -0.25) is 9.52 Å². The first-order chi connectivity index (χ1) is 18.8. The molecule has 2 aromatic rings. The van der Waals surface area contributed by atoms with Crippen LogP contribution in [0.2, 0.25) is 0 Å². The van der Waals surface area contributed by atoms with Crippen molar-refractivity contribution < 1.29 is 36.9 Å². The Morgan fingerprint density at radius 2 is 1.70 bits per heavy atom. The summed E-state index contributed by atoms with van der Waals surface area (Å²) in [5, 5.41) is 33.0. The number of aliphatic hydroxyl groups is 1. The van der Waals surface area contributed by atoms with Gasteiger partial charge in [0.05, 0.1) is 22.9 Å². The van der Waals surface area contributed by atoms with Crippen LogP contribution >= 0.6 is 0 Å². The van der Waals surface area contributed by atoms with Gasteiger partial charge >= 0.3 is 5.97 Å². The number of carboxylic acids is 1. The van der Waals surface area contributed by atoms with Gasteiger partial charge < -0.3 is 25.5 Å². The zero-order chi connectivity index (χ0) is 29.1. The summed E-state index contributed by atoms with van der Waals surface area (Å²) >= 11 is 0. The summed E-state index contributed by atoms with van der Waals surface area (Å²) in [6.45, 7) is 1.34. The minimum Gasteiger partial charge on any atom is -0.506 e. The average Bonchev–Trinajstić information content (AvgIpc) is 3.72. The lowest BCUT2D eigenvalue weighted by Gasteiger charge is -2.34. The van der Waals surface area contributed by atoms with Gasteiger partial charge in [0.2, 0.25) is 20.0 Å². The number of carboxylic acid groups (broad SMARTS) is 1. The summed E-state index contributed by atoms with van der Waals surface area (Å²) in [6.07, 6.45) is 3.47. The fraction of sp³-hybridized carbons (Fsp3) is 0.500. The Morgan fingerprint density at radius 3 is 2.27 bits per heavy atom. The number of phenolic OH excluding ortho intramolecular Hbond substituents is 1. The number of aromatic hydroxyl groups is 1. The van der Waals surface area contributed by atoms with E-state index in [0.717, 1.165) is 41.9 Å². The molecule has 40 heavy (non-hydrogen) atoms. The monoisotopic (exact) mass is 596 g/mol. The van der Waals surface area contributed by atoms with Crippen LogP contribution in [0.3, 0.4) is 0 Å². The highest BCUT2D eigenvalue weighted by molar-refractivity contribution is 7.92. The van der Waals surface area contributed by atoms with Crippen LogP contribution in [0.5, 0.6) is 5.75 Å². The largest absolute Gasteiger partial charge is 0.506 e. The molecule has 0 unspecified atom stereocenters. The fourth-order valence-electron chi connectivity index (χ4n) is 4.75. The Kier molecular flexibility index (Phi) is 9.25. The van der Waals surface area contributed by atoms with Crippen molar-refractivity contribution in [2.75, 3.05) is 48.6 Å². The lowest BCUT2D eigenvalue weighted by molar-refractivity contribution is -0.137. The summed E-state index contributed by atoms with van der Waals surface area (Å²) in [5.41, 5.74) is 1.34. The summed E-state index contributed by atoms with van der Waals surface area (Å²) in [7, 11) is -7.49. The Hall–Kier alpha value is -2.91. The average molecular weight is 597 g/mol. The number of carbonyl (C=O) groups is 1. The van der Waals surface area contributed by atoms with Crippen molar-refractivity contribution in [3.63, 3.8) is 0 Å². The standard InChI is InChI=1S/C26H36N4O8S2/c1-39(35,36)28-23-14-19(4-9-24(23)31)25(32)15-27-20-10-12-29(13-11-20)21-5-7-22(8-6-21)40(37,38)30(17-26(33)34)16-18-2-3-18/h4-9,14,18,20,25,27-28,31-32H,2-3,10-13,15-17H2,1H3,(H,33,34)/t25-/m0/s1. The van der Waals surface area contributed by atoms with Gasteiger partial charge in [-0.05, 0) is 73.6 Å². The molecule has 1 heterocycles. The SMILES string of the molecule is CS(=O)(=O)Nc1cc([C@@H](O)CNC2CCN(c3ccc(S(=O)(=O)N(CC(=O)O)CC4CC4)cc3)CC2)ccc1O. The second kappa shape index (κ2) is 12.3. The lowest BCUT2D eigenvalue weighted by Crippen LogP contribution is -2.43. The maximum Gasteiger partial charge on any atom is 0.318 e. The van der Waals surface area contributed by atoms with Gasteiger partial charge in [0.25, 0.3) is 0 Å². The van der Waals surface area contributed by atoms with E-state index in [1.165, 1.54) is 30.3 Å². The van der Waals surface area contributed by atoms with Gasteiger partial charge in [-0.15, -0.1) is 0 Å². The minimum absolute atomic E-state index is 0.00341. The highest BCUT2D eigenvalue weighted by Crippen LogP contribution is 2.32. The zero-order valence-corrected chi connectivity index (χ0v) is 23.9. The second-order valence-electron chi connectivity index (χ2n) is 10.5. The molecule has 4 rings (SSSR count). The van der Waals surface area contributed by atoms with Crippen molar-refractivity contribution in [3.05, 3.63) is 48.0 Å². The predicted molar refractivity (Wildman–Crippen MR) is 150 cm³/mol. The summed E-state index contributed by atoms with van der Waals surface area (Å²) in [5.74, 6) is -1.19. The van der Waals surface area contributed by atoms with Crippen molar-refractivity contribution in [3.8, 4) is 5.75 Å². The number of rotatable bonds is 13. The van der Waals surface area contributed by atoms with Crippen LogP contribution in [-0.4, -0.2) is 87.5 Å². The number of anilines is 2. The zero-order valence-electron chi connectivity index (χ0n) is 22.2. The molecular weight excluding hydrogens is 560 g/mol. The Balaban J connectivity index is 1.29. The first-order valence-corrected chi connectivity index (χ1v) is 16.4. The molecule has 12 nitrogen and oxygen atoms in total. The Bertz CT molecular complexity index is 1400. The van der Waals surface area contributed by atoms with Crippen molar-refractivity contribution in [1.82, 2.24) is 9.62 Å². The number of piperidine rings is 1. The maximum atomic E-state index is 13.1. The van der Waals surface area contributed by atoms with Gasteiger partial charge in [0.15, 0.2) is 0 Å². The van der Waals surface area contributed by atoms with E-state index in [4.69, 9.17) is 0 Å². The number of benzene rings is 2. The predicted octanol–water partition coefficient (Wildman–Crippen LogP) is 1.54. The van der Waals surface area contributed by atoms with E-state index in [1.54, 1.807) is 12.1 Å². The quantitative estimate of drug-likeness (QED) is 0.213. The van der Waals surface area contributed by atoms with Gasteiger partial charge in [-0.1, -0.05) is 6.07 Å². The van der Waals surface area contributed by atoms with E-state index in [-0.39, 0.29) is 41.4 Å². The molecular formula is C26H36N4O8S2. The van der Waals surface area contributed by atoms with Crippen LogP contribution in [0.15, 0.2) is 47.4 Å². The number of aliphatic carboxylic acids is 1. The first-order valence-electron chi connectivity index (χ1n) is 13.1. The van der Waals surface area contributed by atoms with Crippen LogP contribution in [-0.2, 0) is 24.8 Å². The van der Waals surface area contributed by atoms with E-state index in [9.17, 15) is 36.9 Å². The molecule has 0 aromatic heterocycles. The molecule has 1 atom stereocenters. The van der Waals surface area contributed by atoms with Crippen LogP contribution in [0.1, 0.15) is 37.4 Å². The van der Waals surface area contributed by atoms with Crippen molar-refractivity contribution in [2.24, 2.45) is 5.92 Å². The molecule has 220 valence electrons. The van der Waals surface area contributed by atoms with E-state index in [0.29, 0.717) is 18.7 Å². The Morgan fingerprint density at radius 1 is 1.05 bits per heavy atom. The molecule has 0 spiro atoms. The van der Waals surface area contributed by atoms with Gasteiger partial charge in [0, 0.05) is 37.9 Å². The van der Waals surface area contributed by atoms with E-state index < -0.39 is 38.7 Å². The molecule has 1 saturated heterocycles. The molecule has 0 bridgehead atoms.